The van der Waals surface area contributed by atoms with Crippen molar-refractivity contribution < 1.29 is 0 Å². The first-order chi connectivity index (χ1) is 6.68. The Morgan fingerprint density at radius 2 is 2.14 bits per heavy atom. The monoisotopic (exact) mass is 246 g/mol. The van der Waals surface area contributed by atoms with Crippen LogP contribution in [-0.2, 0) is 0 Å². The number of aromatic amines is 1. The van der Waals surface area contributed by atoms with Gasteiger partial charge in [-0.3, -0.25) is 4.79 Å². The molecule has 1 N–H and O–H groups in total. The average Bonchev–Trinajstić information content (AvgIpc) is 2.57. The standard InChI is InChI=1S/C8H4Cl2N2OS/c9-5-3-1-2-4(6(5)10)7-11-12-8(13)14-7/h1-3H,(H,12,13). The fourth-order valence-corrected chi connectivity index (χ4v) is 2.10. The van der Waals surface area contributed by atoms with Gasteiger partial charge in [-0.25, -0.2) is 5.10 Å². The van der Waals surface area contributed by atoms with Crippen LogP contribution in [-0.4, -0.2) is 10.2 Å². The molecule has 0 aliphatic carbocycles. The van der Waals surface area contributed by atoms with Gasteiger partial charge in [0, 0.05) is 5.56 Å². The van der Waals surface area contributed by atoms with E-state index in [2.05, 4.69) is 10.2 Å². The van der Waals surface area contributed by atoms with Crippen LogP contribution in [0.5, 0.6) is 0 Å². The second-order valence-corrected chi connectivity index (χ2v) is 4.27. The molecule has 1 aromatic carbocycles. The lowest BCUT2D eigenvalue weighted by Crippen LogP contribution is -1.90. The first kappa shape index (κ1) is 9.71. The van der Waals surface area contributed by atoms with Crippen LogP contribution in [0.3, 0.4) is 0 Å². The van der Waals surface area contributed by atoms with Crippen LogP contribution in [0.15, 0.2) is 23.0 Å². The summed E-state index contributed by atoms with van der Waals surface area (Å²) in [5.74, 6) is 0. The van der Waals surface area contributed by atoms with E-state index in [9.17, 15) is 4.79 Å². The van der Waals surface area contributed by atoms with Gasteiger partial charge in [0.05, 0.1) is 10.0 Å². The molecule has 1 aromatic heterocycles. The molecule has 0 aliphatic heterocycles. The molecule has 0 spiro atoms. The molecule has 0 unspecified atom stereocenters. The lowest BCUT2D eigenvalue weighted by atomic mass is 10.2. The second-order valence-electron chi connectivity index (χ2n) is 2.52. The largest absolute Gasteiger partial charge is 0.322 e. The molecule has 0 saturated carbocycles. The minimum atomic E-state index is -0.212. The highest BCUT2D eigenvalue weighted by Gasteiger charge is 2.09. The van der Waals surface area contributed by atoms with E-state index < -0.39 is 0 Å². The third kappa shape index (κ3) is 1.68. The smallest absolute Gasteiger partial charge is 0.255 e. The first-order valence-electron chi connectivity index (χ1n) is 3.68. The fraction of sp³-hybridized carbons (Fsp3) is 0. The predicted molar refractivity (Wildman–Crippen MR) is 58.2 cm³/mol. The summed E-state index contributed by atoms with van der Waals surface area (Å²) in [5.41, 5.74) is 0.669. The van der Waals surface area contributed by atoms with E-state index in [-0.39, 0.29) is 4.87 Å². The number of benzene rings is 1. The third-order valence-electron chi connectivity index (χ3n) is 1.62. The van der Waals surface area contributed by atoms with Crippen LogP contribution >= 0.6 is 34.5 Å². The molecule has 2 rings (SSSR count). The van der Waals surface area contributed by atoms with E-state index in [0.29, 0.717) is 20.6 Å². The number of H-pyrrole nitrogens is 1. The summed E-state index contributed by atoms with van der Waals surface area (Å²) in [7, 11) is 0. The van der Waals surface area contributed by atoms with Crippen molar-refractivity contribution in [2.75, 3.05) is 0 Å². The lowest BCUT2D eigenvalue weighted by molar-refractivity contribution is 1.06. The van der Waals surface area contributed by atoms with Crippen LogP contribution in [0, 0.1) is 0 Å². The Bertz CT molecular complexity index is 520. The van der Waals surface area contributed by atoms with Gasteiger partial charge in [-0.05, 0) is 6.07 Å². The van der Waals surface area contributed by atoms with Crippen molar-refractivity contribution in [2.45, 2.75) is 0 Å². The fourth-order valence-electron chi connectivity index (χ4n) is 1.01. The maximum atomic E-state index is 10.9. The molecule has 0 bridgehead atoms. The highest BCUT2D eigenvalue weighted by Crippen LogP contribution is 2.32. The van der Waals surface area contributed by atoms with Gasteiger partial charge in [0.2, 0.25) is 0 Å². The van der Waals surface area contributed by atoms with Crippen molar-refractivity contribution in [2.24, 2.45) is 0 Å². The van der Waals surface area contributed by atoms with E-state index in [1.807, 2.05) is 0 Å². The third-order valence-corrected chi connectivity index (χ3v) is 3.22. The van der Waals surface area contributed by atoms with E-state index in [1.54, 1.807) is 18.2 Å². The summed E-state index contributed by atoms with van der Waals surface area (Å²) in [4.78, 5) is 10.7. The summed E-state index contributed by atoms with van der Waals surface area (Å²) in [6.45, 7) is 0. The Hall–Kier alpha value is -0.840. The summed E-state index contributed by atoms with van der Waals surface area (Å²) >= 11 is 12.8. The average molecular weight is 247 g/mol. The Morgan fingerprint density at radius 3 is 2.79 bits per heavy atom. The van der Waals surface area contributed by atoms with Crippen LogP contribution in [0.4, 0.5) is 0 Å². The van der Waals surface area contributed by atoms with Gasteiger partial charge in [0.1, 0.15) is 5.01 Å². The number of aromatic nitrogens is 2. The topological polar surface area (TPSA) is 45.8 Å². The molecule has 0 aliphatic rings. The summed E-state index contributed by atoms with van der Waals surface area (Å²) < 4.78 is 0. The number of rotatable bonds is 1. The zero-order valence-electron chi connectivity index (χ0n) is 6.75. The lowest BCUT2D eigenvalue weighted by Gasteiger charge is -2.00. The number of nitrogens with zero attached hydrogens (tertiary/aromatic N) is 1. The Morgan fingerprint density at radius 1 is 1.36 bits per heavy atom. The van der Waals surface area contributed by atoms with Gasteiger partial charge in [-0.2, -0.15) is 5.10 Å². The van der Waals surface area contributed by atoms with Crippen molar-refractivity contribution in [3.05, 3.63) is 37.9 Å². The van der Waals surface area contributed by atoms with Gasteiger partial charge >= 0.3 is 4.87 Å². The van der Waals surface area contributed by atoms with E-state index in [0.717, 1.165) is 11.3 Å². The number of hydrogen-bond acceptors (Lipinski definition) is 3. The molecule has 6 heteroatoms. The van der Waals surface area contributed by atoms with Crippen molar-refractivity contribution in [3.63, 3.8) is 0 Å². The maximum Gasteiger partial charge on any atom is 0.322 e. The molecular weight excluding hydrogens is 243 g/mol. The van der Waals surface area contributed by atoms with Gasteiger partial charge in [0.25, 0.3) is 0 Å². The van der Waals surface area contributed by atoms with Gasteiger partial charge in [-0.15, -0.1) is 0 Å². The highest BCUT2D eigenvalue weighted by atomic mass is 35.5. The molecule has 0 amide bonds. The zero-order valence-corrected chi connectivity index (χ0v) is 9.08. The zero-order chi connectivity index (χ0) is 10.1. The normalized spacial score (nSPS) is 10.4. The molecule has 2 aromatic rings. The second kappa shape index (κ2) is 3.73. The summed E-state index contributed by atoms with van der Waals surface area (Å²) in [6.07, 6.45) is 0. The van der Waals surface area contributed by atoms with E-state index in [4.69, 9.17) is 23.2 Å². The molecule has 14 heavy (non-hydrogen) atoms. The first-order valence-corrected chi connectivity index (χ1v) is 5.25. The van der Waals surface area contributed by atoms with Gasteiger partial charge in [-0.1, -0.05) is 46.7 Å². The molecule has 72 valence electrons. The Kier molecular flexibility index (Phi) is 2.58. The van der Waals surface area contributed by atoms with Crippen molar-refractivity contribution >= 4 is 34.5 Å². The molecule has 3 nitrogen and oxygen atoms in total. The molecule has 0 atom stereocenters. The Balaban J connectivity index is 2.62. The number of hydrogen-bond donors (Lipinski definition) is 1. The minimum absolute atomic E-state index is 0.212. The number of nitrogens with one attached hydrogen (secondary N) is 1. The maximum absolute atomic E-state index is 10.9. The predicted octanol–water partition coefficient (Wildman–Crippen LogP) is 2.81. The van der Waals surface area contributed by atoms with E-state index >= 15 is 0 Å². The van der Waals surface area contributed by atoms with Crippen molar-refractivity contribution in [1.29, 1.82) is 0 Å². The highest BCUT2D eigenvalue weighted by molar-refractivity contribution is 7.12. The molecule has 0 saturated heterocycles. The minimum Gasteiger partial charge on any atom is -0.255 e. The van der Waals surface area contributed by atoms with Crippen LogP contribution in [0.25, 0.3) is 10.6 Å². The van der Waals surface area contributed by atoms with Gasteiger partial charge < -0.3 is 0 Å². The van der Waals surface area contributed by atoms with E-state index in [1.165, 1.54) is 0 Å². The van der Waals surface area contributed by atoms with Crippen LogP contribution in [0.2, 0.25) is 10.0 Å². The summed E-state index contributed by atoms with van der Waals surface area (Å²) in [5, 5.41) is 7.56. The molecule has 0 fully saturated rings. The molecular formula is C8H4Cl2N2OS. The van der Waals surface area contributed by atoms with Crippen LogP contribution in [0.1, 0.15) is 0 Å². The summed E-state index contributed by atoms with van der Waals surface area (Å²) in [6, 6.07) is 5.21. The quantitative estimate of drug-likeness (QED) is 0.842. The van der Waals surface area contributed by atoms with Crippen molar-refractivity contribution in [1.82, 2.24) is 10.2 Å². The SMILES string of the molecule is O=c1[nH]nc(-c2cccc(Cl)c2Cl)s1. The van der Waals surface area contributed by atoms with Crippen molar-refractivity contribution in [3.8, 4) is 10.6 Å². The van der Waals surface area contributed by atoms with Gasteiger partial charge in [0.15, 0.2) is 0 Å². The molecule has 0 radical (unpaired) electrons. The molecule has 1 heterocycles. The number of halogens is 2. The van der Waals surface area contributed by atoms with Crippen LogP contribution < -0.4 is 4.87 Å². The Labute approximate surface area is 93.3 Å².